The lowest BCUT2D eigenvalue weighted by molar-refractivity contribution is -0.137. The fourth-order valence-corrected chi connectivity index (χ4v) is 2.28. The fraction of sp³-hybridized carbons (Fsp3) is 0.200. The molecule has 0 aliphatic carbocycles. The number of carbonyl (C=O) groups is 1. The van der Waals surface area contributed by atoms with Crippen LogP contribution in [0, 0.1) is 0 Å². The van der Waals surface area contributed by atoms with Gasteiger partial charge in [0.05, 0.1) is 6.42 Å². The zero-order valence-corrected chi connectivity index (χ0v) is 11.9. The van der Waals surface area contributed by atoms with Gasteiger partial charge in [-0.05, 0) is 36.2 Å². The van der Waals surface area contributed by atoms with Crippen LogP contribution in [0.4, 0.5) is 0 Å². The summed E-state index contributed by atoms with van der Waals surface area (Å²) in [5, 5.41) is 9.03. The molecule has 0 fully saturated rings. The molecule has 0 spiro atoms. The van der Waals surface area contributed by atoms with Gasteiger partial charge in [-0.15, -0.1) is 0 Å². The van der Waals surface area contributed by atoms with Crippen LogP contribution in [0.15, 0.2) is 53.1 Å². The molecule has 4 heteroatoms. The van der Waals surface area contributed by atoms with Gasteiger partial charge in [0.2, 0.25) is 0 Å². The van der Waals surface area contributed by atoms with Crippen molar-refractivity contribution in [2.45, 2.75) is 18.8 Å². The topological polar surface area (TPSA) is 50.2 Å². The molecule has 0 saturated heterocycles. The number of hydrogen-bond donors (Lipinski definition) is 1. The summed E-state index contributed by atoms with van der Waals surface area (Å²) in [4.78, 5) is 15.3. The number of rotatable bonds is 5. The van der Waals surface area contributed by atoms with Gasteiger partial charge in [0.25, 0.3) is 0 Å². The monoisotopic (exact) mass is 319 g/mol. The number of hydrogen-bond acceptors (Lipinski definition) is 2. The summed E-state index contributed by atoms with van der Waals surface area (Å²) < 4.78 is 1.02. The van der Waals surface area contributed by atoms with Gasteiger partial charge in [0.15, 0.2) is 0 Å². The minimum Gasteiger partial charge on any atom is -0.481 e. The lowest BCUT2D eigenvalue weighted by atomic mass is 9.93. The third-order valence-corrected chi connectivity index (χ3v) is 3.45. The van der Waals surface area contributed by atoms with E-state index in [1.165, 1.54) is 0 Å². The SMILES string of the molecule is O=C(O)CC(Cc1ccc(Br)cc1)c1ccccn1. The molecule has 1 aromatic carbocycles. The zero-order valence-electron chi connectivity index (χ0n) is 10.3. The van der Waals surface area contributed by atoms with E-state index >= 15 is 0 Å². The Balaban J connectivity index is 2.19. The van der Waals surface area contributed by atoms with Crippen LogP contribution in [0.2, 0.25) is 0 Å². The van der Waals surface area contributed by atoms with E-state index in [4.69, 9.17) is 5.11 Å². The number of aliphatic carboxylic acids is 1. The molecule has 0 amide bonds. The fourth-order valence-electron chi connectivity index (χ4n) is 2.01. The lowest BCUT2D eigenvalue weighted by Gasteiger charge is -2.14. The average Bonchev–Trinajstić information content (AvgIpc) is 2.41. The molecule has 19 heavy (non-hydrogen) atoms. The standard InChI is InChI=1S/C15H14BrNO2/c16-13-6-4-11(5-7-13)9-12(10-15(18)19)14-3-1-2-8-17-14/h1-8,12H,9-10H2,(H,18,19). The molecule has 98 valence electrons. The van der Waals surface area contributed by atoms with Gasteiger partial charge in [-0.2, -0.15) is 0 Å². The van der Waals surface area contributed by atoms with E-state index < -0.39 is 5.97 Å². The minimum atomic E-state index is -0.798. The average molecular weight is 320 g/mol. The molecular weight excluding hydrogens is 306 g/mol. The first kappa shape index (κ1) is 13.7. The highest BCUT2D eigenvalue weighted by Gasteiger charge is 2.17. The summed E-state index contributed by atoms with van der Waals surface area (Å²) in [6.07, 6.45) is 2.47. The molecule has 1 atom stereocenters. The maximum absolute atomic E-state index is 11.0. The zero-order chi connectivity index (χ0) is 13.7. The van der Waals surface area contributed by atoms with Crippen LogP contribution in [0.5, 0.6) is 0 Å². The Kier molecular flexibility index (Phi) is 4.68. The highest BCUT2D eigenvalue weighted by atomic mass is 79.9. The largest absolute Gasteiger partial charge is 0.481 e. The summed E-state index contributed by atoms with van der Waals surface area (Å²) in [5.41, 5.74) is 1.94. The van der Waals surface area contributed by atoms with Crippen molar-refractivity contribution in [3.05, 3.63) is 64.4 Å². The van der Waals surface area contributed by atoms with Crippen molar-refractivity contribution in [3.63, 3.8) is 0 Å². The first-order valence-corrected chi connectivity index (χ1v) is 6.81. The Hall–Kier alpha value is -1.68. The van der Waals surface area contributed by atoms with E-state index in [-0.39, 0.29) is 12.3 Å². The molecule has 1 aromatic heterocycles. The second-order valence-corrected chi connectivity index (χ2v) is 5.30. The Morgan fingerprint density at radius 1 is 1.21 bits per heavy atom. The molecule has 2 rings (SSSR count). The quantitative estimate of drug-likeness (QED) is 0.915. The Morgan fingerprint density at radius 3 is 2.53 bits per heavy atom. The first-order valence-electron chi connectivity index (χ1n) is 6.02. The van der Waals surface area contributed by atoms with E-state index in [9.17, 15) is 4.79 Å². The van der Waals surface area contributed by atoms with Crippen molar-refractivity contribution in [1.29, 1.82) is 0 Å². The van der Waals surface area contributed by atoms with Crippen molar-refractivity contribution >= 4 is 21.9 Å². The molecule has 0 radical (unpaired) electrons. The molecule has 1 heterocycles. The third-order valence-electron chi connectivity index (χ3n) is 2.92. The summed E-state index contributed by atoms with van der Waals surface area (Å²) in [5.74, 6) is -0.896. The van der Waals surface area contributed by atoms with Crippen LogP contribution in [0.25, 0.3) is 0 Å². The van der Waals surface area contributed by atoms with Crippen molar-refractivity contribution < 1.29 is 9.90 Å². The van der Waals surface area contributed by atoms with Gasteiger partial charge in [0, 0.05) is 22.3 Å². The number of carboxylic acids is 1. The summed E-state index contributed by atoms with van der Waals surface area (Å²) >= 11 is 3.39. The van der Waals surface area contributed by atoms with Crippen molar-refractivity contribution in [2.75, 3.05) is 0 Å². The smallest absolute Gasteiger partial charge is 0.304 e. The Morgan fingerprint density at radius 2 is 1.95 bits per heavy atom. The molecule has 0 aliphatic heterocycles. The molecule has 1 N–H and O–H groups in total. The predicted octanol–water partition coefficient (Wildman–Crippen LogP) is 3.65. The molecule has 2 aromatic rings. The Labute approximate surface area is 120 Å². The minimum absolute atomic E-state index is 0.0904. The Bertz CT molecular complexity index is 540. The van der Waals surface area contributed by atoms with E-state index in [0.29, 0.717) is 6.42 Å². The van der Waals surface area contributed by atoms with Gasteiger partial charge in [-0.1, -0.05) is 34.1 Å². The number of benzene rings is 1. The second kappa shape index (κ2) is 6.48. The van der Waals surface area contributed by atoms with Crippen LogP contribution >= 0.6 is 15.9 Å². The first-order chi connectivity index (χ1) is 9.15. The van der Waals surface area contributed by atoms with Gasteiger partial charge in [0.1, 0.15) is 0 Å². The van der Waals surface area contributed by atoms with Crippen molar-refractivity contribution in [1.82, 2.24) is 4.98 Å². The highest BCUT2D eigenvalue weighted by Crippen LogP contribution is 2.23. The molecule has 3 nitrogen and oxygen atoms in total. The van der Waals surface area contributed by atoms with Crippen molar-refractivity contribution in [3.8, 4) is 0 Å². The normalized spacial score (nSPS) is 12.1. The summed E-state index contributed by atoms with van der Waals surface area (Å²) in [7, 11) is 0. The molecule has 0 bridgehead atoms. The second-order valence-electron chi connectivity index (χ2n) is 4.38. The number of carboxylic acid groups (broad SMARTS) is 1. The summed E-state index contributed by atoms with van der Waals surface area (Å²) in [6.45, 7) is 0. The maximum atomic E-state index is 11.0. The lowest BCUT2D eigenvalue weighted by Crippen LogP contribution is -2.10. The highest BCUT2D eigenvalue weighted by molar-refractivity contribution is 9.10. The van der Waals surface area contributed by atoms with Gasteiger partial charge >= 0.3 is 5.97 Å². The number of nitrogens with zero attached hydrogens (tertiary/aromatic N) is 1. The molecule has 1 unspecified atom stereocenters. The van der Waals surface area contributed by atoms with Crippen LogP contribution in [0.3, 0.4) is 0 Å². The molecular formula is C15H14BrNO2. The maximum Gasteiger partial charge on any atom is 0.304 e. The molecule has 0 aliphatic rings. The van der Waals surface area contributed by atoms with E-state index in [1.54, 1.807) is 6.20 Å². The van der Waals surface area contributed by atoms with Gasteiger partial charge < -0.3 is 5.11 Å². The van der Waals surface area contributed by atoms with E-state index in [1.807, 2.05) is 42.5 Å². The number of pyridine rings is 1. The van der Waals surface area contributed by atoms with E-state index in [0.717, 1.165) is 15.7 Å². The molecule has 0 saturated carbocycles. The number of halogens is 1. The van der Waals surface area contributed by atoms with Crippen LogP contribution < -0.4 is 0 Å². The van der Waals surface area contributed by atoms with E-state index in [2.05, 4.69) is 20.9 Å². The third kappa shape index (κ3) is 4.17. The van der Waals surface area contributed by atoms with Crippen molar-refractivity contribution in [2.24, 2.45) is 0 Å². The van der Waals surface area contributed by atoms with Gasteiger partial charge in [-0.3, -0.25) is 9.78 Å². The van der Waals surface area contributed by atoms with Crippen LogP contribution in [-0.4, -0.2) is 16.1 Å². The van der Waals surface area contributed by atoms with Gasteiger partial charge in [-0.25, -0.2) is 0 Å². The number of aromatic nitrogens is 1. The predicted molar refractivity (Wildman–Crippen MR) is 77.1 cm³/mol. The van der Waals surface area contributed by atoms with Crippen LogP contribution in [-0.2, 0) is 11.2 Å². The summed E-state index contributed by atoms with van der Waals surface area (Å²) in [6, 6.07) is 13.5. The van der Waals surface area contributed by atoms with Crippen LogP contribution in [0.1, 0.15) is 23.6 Å².